The van der Waals surface area contributed by atoms with Gasteiger partial charge in [-0.15, -0.1) is 0 Å². The summed E-state index contributed by atoms with van der Waals surface area (Å²) < 4.78 is 37.2. The van der Waals surface area contributed by atoms with Crippen LogP contribution in [0.3, 0.4) is 0 Å². The van der Waals surface area contributed by atoms with Crippen molar-refractivity contribution in [3.05, 3.63) is 34.1 Å². The van der Waals surface area contributed by atoms with Crippen LogP contribution in [0.25, 0.3) is 0 Å². The Morgan fingerprint density at radius 1 is 1.47 bits per heavy atom. The lowest BCUT2D eigenvalue weighted by Crippen LogP contribution is -2.29. The molecule has 0 aliphatic heterocycles. The van der Waals surface area contributed by atoms with Crippen LogP contribution >= 0.6 is 15.9 Å². The first kappa shape index (κ1) is 16.6. The molecule has 1 rings (SSSR count). The average molecular weight is 353 g/mol. The summed E-state index contributed by atoms with van der Waals surface area (Å²) in [6.45, 7) is 1.61. The molecule has 0 aromatic heterocycles. The number of hydrogen-bond acceptors (Lipinski definition) is 4. The summed E-state index contributed by atoms with van der Waals surface area (Å²) in [5.41, 5.74) is 2.98. The Morgan fingerprint density at radius 2 is 2.16 bits per heavy atom. The summed E-state index contributed by atoms with van der Waals surface area (Å²) in [6, 6.07) is 4.34. The van der Waals surface area contributed by atoms with Gasteiger partial charge in [-0.05, 0) is 25.0 Å². The third kappa shape index (κ3) is 5.18. The quantitative estimate of drug-likeness (QED) is 0.583. The van der Waals surface area contributed by atoms with Crippen molar-refractivity contribution in [2.75, 3.05) is 11.5 Å². The molecule has 108 valence electrons. The van der Waals surface area contributed by atoms with E-state index in [0.717, 1.165) is 0 Å². The van der Waals surface area contributed by atoms with Crippen molar-refractivity contribution >= 4 is 25.8 Å². The SMILES string of the molecule is CCS(=O)(=O)CCCC(NN)c1ccc(Br)cc1F. The van der Waals surface area contributed by atoms with Gasteiger partial charge in [0.05, 0.1) is 5.75 Å². The van der Waals surface area contributed by atoms with Crippen LogP contribution in [-0.4, -0.2) is 19.9 Å². The van der Waals surface area contributed by atoms with Crippen molar-refractivity contribution in [2.45, 2.75) is 25.8 Å². The van der Waals surface area contributed by atoms with Crippen LogP contribution in [0.1, 0.15) is 31.4 Å². The fraction of sp³-hybridized carbons (Fsp3) is 0.500. The number of rotatable bonds is 7. The Bertz CT molecular complexity index is 522. The van der Waals surface area contributed by atoms with E-state index in [0.29, 0.717) is 22.9 Å². The summed E-state index contributed by atoms with van der Waals surface area (Å²) in [4.78, 5) is 0. The zero-order valence-electron chi connectivity index (χ0n) is 10.7. The van der Waals surface area contributed by atoms with E-state index >= 15 is 0 Å². The van der Waals surface area contributed by atoms with Crippen molar-refractivity contribution in [3.8, 4) is 0 Å². The topological polar surface area (TPSA) is 72.2 Å². The van der Waals surface area contributed by atoms with Crippen molar-refractivity contribution in [2.24, 2.45) is 5.84 Å². The van der Waals surface area contributed by atoms with Gasteiger partial charge in [0.15, 0.2) is 0 Å². The molecule has 0 aliphatic rings. The molecule has 0 spiro atoms. The lowest BCUT2D eigenvalue weighted by atomic mass is 10.0. The highest BCUT2D eigenvalue weighted by Gasteiger charge is 2.16. The average Bonchev–Trinajstić information content (AvgIpc) is 2.36. The van der Waals surface area contributed by atoms with Crippen LogP contribution in [0.2, 0.25) is 0 Å². The molecule has 1 atom stereocenters. The molecule has 0 radical (unpaired) electrons. The summed E-state index contributed by atoms with van der Waals surface area (Å²) in [5.74, 6) is 5.27. The minimum absolute atomic E-state index is 0.0971. The Morgan fingerprint density at radius 3 is 2.68 bits per heavy atom. The van der Waals surface area contributed by atoms with E-state index in [2.05, 4.69) is 21.4 Å². The highest BCUT2D eigenvalue weighted by Crippen LogP contribution is 2.24. The van der Waals surface area contributed by atoms with Crippen LogP contribution < -0.4 is 11.3 Å². The lowest BCUT2D eigenvalue weighted by molar-refractivity contribution is 0.479. The number of hydrogen-bond donors (Lipinski definition) is 2. The third-order valence-corrected chi connectivity index (χ3v) is 5.21. The van der Waals surface area contributed by atoms with E-state index in [-0.39, 0.29) is 23.4 Å². The van der Waals surface area contributed by atoms with E-state index < -0.39 is 9.84 Å². The molecule has 3 N–H and O–H groups in total. The van der Waals surface area contributed by atoms with Crippen LogP contribution in [0.15, 0.2) is 22.7 Å². The molecule has 0 aliphatic carbocycles. The maximum Gasteiger partial charge on any atom is 0.150 e. The van der Waals surface area contributed by atoms with E-state index in [1.165, 1.54) is 6.07 Å². The molecule has 0 bridgehead atoms. The van der Waals surface area contributed by atoms with Crippen LogP contribution in [0.4, 0.5) is 4.39 Å². The van der Waals surface area contributed by atoms with Crippen LogP contribution in [0.5, 0.6) is 0 Å². The Hall–Kier alpha value is -0.500. The predicted octanol–water partition coefficient (Wildman–Crippen LogP) is 2.31. The molecule has 0 fully saturated rings. The molecule has 4 nitrogen and oxygen atoms in total. The van der Waals surface area contributed by atoms with Crippen LogP contribution in [0, 0.1) is 5.82 Å². The highest BCUT2D eigenvalue weighted by molar-refractivity contribution is 9.10. The van der Waals surface area contributed by atoms with Crippen molar-refractivity contribution in [1.29, 1.82) is 0 Å². The van der Waals surface area contributed by atoms with E-state index in [1.54, 1.807) is 19.1 Å². The number of nitrogens with two attached hydrogens (primary N) is 1. The van der Waals surface area contributed by atoms with Gasteiger partial charge in [-0.1, -0.05) is 28.9 Å². The molecule has 19 heavy (non-hydrogen) atoms. The standard InChI is InChI=1S/C12H18BrFN2O2S/c1-2-19(17,18)7-3-4-12(16-15)10-6-5-9(13)8-11(10)14/h5-6,8,12,16H,2-4,7,15H2,1H3. The first-order valence-electron chi connectivity index (χ1n) is 6.01. The van der Waals surface area contributed by atoms with Gasteiger partial charge in [-0.2, -0.15) is 0 Å². The highest BCUT2D eigenvalue weighted by atomic mass is 79.9. The molecule has 7 heteroatoms. The maximum absolute atomic E-state index is 13.8. The Labute approximate surface area is 121 Å². The van der Waals surface area contributed by atoms with Gasteiger partial charge in [-0.25, -0.2) is 12.8 Å². The number of halogens is 2. The van der Waals surface area contributed by atoms with Crippen molar-refractivity contribution in [3.63, 3.8) is 0 Å². The number of hydrazine groups is 1. The van der Waals surface area contributed by atoms with Gasteiger partial charge in [0.2, 0.25) is 0 Å². The zero-order chi connectivity index (χ0) is 14.5. The minimum atomic E-state index is -2.99. The second kappa shape index (κ2) is 7.33. The van der Waals surface area contributed by atoms with Gasteiger partial charge in [-0.3, -0.25) is 11.3 Å². The van der Waals surface area contributed by atoms with Gasteiger partial charge in [0, 0.05) is 21.8 Å². The molecular formula is C12H18BrFN2O2S. The van der Waals surface area contributed by atoms with Gasteiger partial charge in [0.1, 0.15) is 15.7 Å². The fourth-order valence-electron chi connectivity index (χ4n) is 1.76. The maximum atomic E-state index is 13.8. The summed E-state index contributed by atoms with van der Waals surface area (Å²) >= 11 is 3.18. The summed E-state index contributed by atoms with van der Waals surface area (Å²) in [6.07, 6.45) is 0.912. The van der Waals surface area contributed by atoms with Crippen molar-refractivity contribution < 1.29 is 12.8 Å². The molecular weight excluding hydrogens is 335 g/mol. The predicted molar refractivity (Wildman–Crippen MR) is 77.7 cm³/mol. The molecule has 1 aromatic rings. The normalized spacial score (nSPS) is 13.5. The number of nitrogens with one attached hydrogen (secondary N) is 1. The molecule has 0 saturated carbocycles. The van der Waals surface area contributed by atoms with E-state index in [1.807, 2.05) is 0 Å². The third-order valence-electron chi connectivity index (χ3n) is 2.93. The van der Waals surface area contributed by atoms with Crippen LogP contribution in [-0.2, 0) is 9.84 Å². The molecule has 0 amide bonds. The lowest BCUT2D eigenvalue weighted by Gasteiger charge is -2.17. The molecule has 0 heterocycles. The largest absolute Gasteiger partial charge is 0.271 e. The van der Waals surface area contributed by atoms with Gasteiger partial charge < -0.3 is 0 Å². The fourth-order valence-corrected chi connectivity index (χ4v) is 2.99. The monoisotopic (exact) mass is 352 g/mol. The second-order valence-corrected chi connectivity index (χ2v) is 7.65. The zero-order valence-corrected chi connectivity index (χ0v) is 13.1. The first-order valence-corrected chi connectivity index (χ1v) is 8.62. The molecule has 1 unspecified atom stereocenters. The Balaban J connectivity index is 2.68. The molecule has 1 aromatic carbocycles. The van der Waals surface area contributed by atoms with Gasteiger partial charge >= 0.3 is 0 Å². The van der Waals surface area contributed by atoms with Crippen molar-refractivity contribution in [1.82, 2.24) is 5.43 Å². The number of benzene rings is 1. The Kier molecular flexibility index (Phi) is 6.38. The second-order valence-electron chi connectivity index (χ2n) is 4.26. The molecule has 0 saturated heterocycles. The van der Waals surface area contributed by atoms with E-state index in [4.69, 9.17) is 5.84 Å². The summed E-state index contributed by atoms with van der Waals surface area (Å²) in [7, 11) is -2.99. The van der Waals surface area contributed by atoms with Gasteiger partial charge in [0.25, 0.3) is 0 Å². The minimum Gasteiger partial charge on any atom is -0.271 e. The smallest absolute Gasteiger partial charge is 0.150 e. The van der Waals surface area contributed by atoms with E-state index in [9.17, 15) is 12.8 Å². The first-order chi connectivity index (χ1) is 8.89. The number of sulfone groups is 1. The summed E-state index contributed by atoms with van der Waals surface area (Å²) in [5, 5.41) is 0.